The molecule has 1 aliphatic heterocycles. The highest BCUT2D eigenvalue weighted by atomic mass is 32.2. The van der Waals surface area contributed by atoms with E-state index < -0.39 is 27.6 Å². The van der Waals surface area contributed by atoms with Gasteiger partial charge in [-0.2, -0.15) is 9.40 Å². The lowest BCUT2D eigenvalue weighted by Crippen LogP contribution is -2.39. The van der Waals surface area contributed by atoms with E-state index in [4.69, 9.17) is 0 Å². The first-order valence-corrected chi connectivity index (χ1v) is 11.5. The maximum atomic E-state index is 13.4. The van der Waals surface area contributed by atoms with E-state index in [2.05, 4.69) is 17.3 Å². The molecule has 1 aliphatic rings. The van der Waals surface area contributed by atoms with Gasteiger partial charge in [-0.05, 0) is 42.9 Å². The maximum absolute atomic E-state index is 13.4. The van der Waals surface area contributed by atoms with Crippen LogP contribution in [-0.4, -0.2) is 41.5 Å². The highest BCUT2D eigenvalue weighted by Gasteiger charge is 2.34. The third-order valence-electron chi connectivity index (χ3n) is 5.13. The molecule has 1 fully saturated rings. The Morgan fingerprint density at radius 1 is 1.20 bits per heavy atom. The van der Waals surface area contributed by atoms with Crippen molar-refractivity contribution in [2.24, 2.45) is 5.92 Å². The molecule has 30 heavy (non-hydrogen) atoms. The molecule has 0 unspecified atom stereocenters. The first-order chi connectivity index (χ1) is 14.2. The van der Waals surface area contributed by atoms with Gasteiger partial charge in [0.2, 0.25) is 5.03 Å². The van der Waals surface area contributed by atoms with Crippen LogP contribution >= 0.6 is 0 Å². The second-order valence-electron chi connectivity index (χ2n) is 7.66. The molecule has 0 saturated carbocycles. The lowest BCUT2D eigenvalue weighted by atomic mass is 10.0. The number of amides is 1. The van der Waals surface area contributed by atoms with E-state index in [1.165, 1.54) is 15.2 Å². The van der Waals surface area contributed by atoms with Crippen LogP contribution in [0.3, 0.4) is 0 Å². The van der Waals surface area contributed by atoms with Crippen LogP contribution in [0.1, 0.15) is 49.0 Å². The number of aryl methyl sites for hydroxylation is 1. The molecule has 0 bridgehead atoms. The second-order valence-corrected chi connectivity index (χ2v) is 9.51. The van der Waals surface area contributed by atoms with Crippen LogP contribution < -0.4 is 5.32 Å². The number of hydrogen-bond acceptors (Lipinski definition) is 4. The first-order valence-electron chi connectivity index (χ1n) is 10.0. The van der Waals surface area contributed by atoms with Gasteiger partial charge in [0.1, 0.15) is 11.6 Å². The summed E-state index contributed by atoms with van der Waals surface area (Å²) in [6.07, 6.45) is 3.62. The smallest absolute Gasteiger partial charge is 0.263 e. The van der Waals surface area contributed by atoms with E-state index >= 15 is 0 Å². The predicted octanol–water partition coefficient (Wildman–Crippen LogP) is 2.92. The highest BCUT2D eigenvalue weighted by molar-refractivity contribution is 7.89. The molecule has 1 N–H and O–H groups in total. The fourth-order valence-corrected chi connectivity index (χ4v) is 5.00. The Labute approximate surface area is 175 Å². The number of piperidine rings is 1. The van der Waals surface area contributed by atoms with Crippen LogP contribution in [-0.2, 0) is 23.1 Å². The largest absolute Gasteiger partial charge is 0.348 e. The number of aromatic nitrogens is 2. The van der Waals surface area contributed by atoms with Gasteiger partial charge in [-0.15, -0.1) is 0 Å². The van der Waals surface area contributed by atoms with Gasteiger partial charge < -0.3 is 5.32 Å². The summed E-state index contributed by atoms with van der Waals surface area (Å²) in [6, 6.07) is 2.96. The molecule has 0 aliphatic carbocycles. The molecular formula is C20H26F2N4O3S. The molecule has 1 aromatic carbocycles. The Morgan fingerprint density at radius 2 is 1.83 bits per heavy atom. The van der Waals surface area contributed by atoms with Crippen LogP contribution in [0.5, 0.6) is 0 Å². The van der Waals surface area contributed by atoms with Crippen LogP contribution in [0.15, 0.2) is 29.4 Å². The van der Waals surface area contributed by atoms with Crippen molar-refractivity contribution in [3.8, 4) is 0 Å². The van der Waals surface area contributed by atoms with E-state index in [1.54, 1.807) is 0 Å². The van der Waals surface area contributed by atoms with Crippen molar-refractivity contribution in [1.29, 1.82) is 0 Å². The van der Waals surface area contributed by atoms with Gasteiger partial charge >= 0.3 is 0 Å². The molecule has 1 amide bonds. The first kappa shape index (κ1) is 22.4. The summed E-state index contributed by atoms with van der Waals surface area (Å²) < 4.78 is 55.9. The van der Waals surface area contributed by atoms with Gasteiger partial charge in [0.05, 0.1) is 5.56 Å². The lowest BCUT2D eigenvalue weighted by molar-refractivity contribution is 0.0947. The number of carbonyl (C=O) groups excluding carboxylic acids is 1. The molecule has 3 rings (SSSR count). The van der Waals surface area contributed by atoms with Crippen molar-refractivity contribution in [2.75, 3.05) is 13.1 Å². The quantitative estimate of drug-likeness (QED) is 0.718. The molecule has 0 radical (unpaired) electrons. The zero-order valence-corrected chi connectivity index (χ0v) is 17.9. The number of rotatable bonds is 7. The third-order valence-corrected chi connectivity index (χ3v) is 6.96. The Morgan fingerprint density at radius 3 is 2.43 bits per heavy atom. The Hall–Kier alpha value is -2.33. The molecule has 0 atom stereocenters. The lowest BCUT2D eigenvalue weighted by Gasteiger charge is -2.28. The maximum Gasteiger partial charge on any atom is 0.263 e. The van der Waals surface area contributed by atoms with Crippen molar-refractivity contribution >= 4 is 15.9 Å². The molecule has 1 saturated heterocycles. The van der Waals surface area contributed by atoms with Gasteiger partial charge in [-0.3, -0.25) is 9.48 Å². The minimum absolute atomic E-state index is 0.0704. The number of sulfonamides is 1. The molecule has 2 heterocycles. The molecular weight excluding hydrogens is 414 g/mol. The van der Waals surface area contributed by atoms with Crippen LogP contribution in [0, 0.1) is 17.6 Å². The fourth-order valence-electron chi connectivity index (χ4n) is 3.43. The van der Waals surface area contributed by atoms with E-state index in [9.17, 15) is 22.0 Å². The molecule has 0 spiro atoms. The summed E-state index contributed by atoms with van der Waals surface area (Å²) in [5.41, 5.74) is 0.162. The monoisotopic (exact) mass is 440 g/mol. The topological polar surface area (TPSA) is 84.3 Å². The standard InChI is InChI=1S/C20H26F2N4O3S/c1-3-6-25-13-18(19(27)23-12-15-9-16(21)11-17(22)10-15)20(24-25)30(28,29)26-7-4-14(2)5-8-26/h9-11,13-14H,3-8,12H2,1-2H3,(H,23,27). The summed E-state index contributed by atoms with van der Waals surface area (Å²) in [5, 5.41) is 6.43. The zero-order valence-electron chi connectivity index (χ0n) is 17.1. The zero-order chi connectivity index (χ0) is 21.9. The average Bonchev–Trinajstić information content (AvgIpc) is 3.11. The van der Waals surface area contributed by atoms with Gasteiger partial charge in [0, 0.05) is 38.4 Å². The van der Waals surface area contributed by atoms with Gasteiger partial charge in [-0.25, -0.2) is 17.2 Å². The second kappa shape index (κ2) is 9.22. The molecule has 1 aromatic heterocycles. The van der Waals surface area contributed by atoms with Crippen molar-refractivity contribution in [3.05, 3.63) is 47.2 Å². The van der Waals surface area contributed by atoms with Gasteiger partial charge in [0.15, 0.2) is 0 Å². The minimum Gasteiger partial charge on any atom is -0.348 e. The summed E-state index contributed by atoms with van der Waals surface area (Å²) >= 11 is 0. The number of nitrogens with zero attached hydrogens (tertiary/aromatic N) is 3. The fraction of sp³-hybridized carbons (Fsp3) is 0.500. The normalized spacial score (nSPS) is 16.0. The summed E-state index contributed by atoms with van der Waals surface area (Å²) in [5.74, 6) is -1.72. The predicted molar refractivity (Wildman–Crippen MR) is 107 cm³/mol. The van der Waals surface area contributed by atoms with Crippen molar-refractivity contribution in [1.82, 2.24) is 19.4 Å². The Bertz CT molecular complexity index is 995. The third kappa shape index (κ3) is 5.04. The number of halogens is 2. The SMILES string of the molecule is CCCn1cc(C(=O)NCc2cc(F)cc(F)c2)c(S(=O)(=O)N2CCC(C)CC2)n1. The Balaban J connectivity index is 1.85. The van der Waals surface area contributed by atoms with Crippen molar-refractivity contribution < 1.29 is 22.0 Å². The summed E-state index contributed by atoms with van der Waals surface area (Å²) in [4.78, 5) is 12.8. The van der Waals surface area contributed by atoms with Gasteiger partial charge in [0.25, 0.3) is 15.9 Å². The Kier molecular flexibility index (Phi) is 6.87. The number of benzene rings is 1. The number of carbonyl (C=O) groups is 1. The molecule has 7 nitrogen and oxygen atoms in total. The number of hydrogen-bond donors (Lipinski definition) is 1. The summed E-state index contributed by atoms with van der Waals surface area (Å²) in [7, 11) is -3.93. The molecule has 10 heteroatoms. The average molecular weight is 441 g/mol. The van der Waals surface area contributed by atoms with E-state index in [0.717, 1.165) is 31.0 Å². The van der Waals surface area contributed by atoms with Crippen molar-refractivity contribution in [2.45, 2.75) is 51.2 Å². The molecule has 2 aromatic rings. The molecule has 164 valence electrons. The van der Waals surface area contributed by atoms with Gasteiger partial charge in [-0.1, -0.05) is 13.8 Å². The number of nitrogens with one attached hydrogen (secondary N) is 1. The van der Waals surface area contributed by atoms with E-state index in [-0.39, 0.29) is 22.7 Å². The van der Waals surface area contributed by atoms with Crippen molar-refractivity contribution in [3.63, 3.8) is 0 Å². The minimum atomic E-state index is -3.93. The van der Waals surface area contributed by atoms with Crippen LogP contribution in [0.2, 0.25) is 0 Å². The summed E-state index contributed by atoms with van der Waals surface area (Å²) in [6.45, 7) is 5.07. The van der Waals surface area contributed by atoms with Crippen LogP contribution in [0.4, 0.5) is 8.78 Å². The van der Waals surface area contributed by atoms with E-state index in [0.29, 0.717) is 32.0 Å². The van der Waals surface area contributed by atoms with Crippen LogP contribution in [0.25, 0.3) is 0 Å². The van der Waals surface area contributed by atoms with E-state index in [1.807, 2.05) is 6.92 Å². The highest BCUT2D eigenvalue weighted by Crippen LogP contribution is 2.25.